The number of amides is 1. The second-order valence-corrected chi connectivity index (χ2v) is 7.47. The maximum absolute atomic E-state index is 13.3. The van der Waals surface area contributed by atoms with Gasteiger partial charge >= 0.3 is 0 Å². The van der Waals surface area contributed by atoms with Crippen LogP contribution in [0, 0.1) is 0 Å². The summed E-state index contributed by atoms with van der Waals surface area (Å²) in [5.41, 5.74) is 1.17. The van der Waals surface area contributed by atoms with Gasteiger partial charge in [0, 0.05) is 43.1 Å². The number of nitrogens with zero attached hydrogens (tertiary/aromatic N) is 1. The summed E-state index contributed by atoms with van der Waals surface area (Å²) in [6.45, 7) is 2.04. The Kier molecular flexibility index (Phi) is 8.11. The van der Waals surface area contributed by atoms with E-state index in [0.717, 1.165) is 0 Å². The van der Waals surface area contributed by atoms with Gasteiger partial charge < -0.3 is 38.4 Å². The molecule has 1 atom stereocenters. The first kappa shape index (κ1) is 24.3. The van der Waals surface area contributed by atoms with Crippen molar-refractivity contribution in [2.24, 2.45) is 0 Å². The second-order valence-electron chi connectivity index (χ2n) is 7.47. The fourth-order valence-corrected chi connectivity index (χ4v) is 4.03. The number of methoxy groups -OCH3 is 5. The maximum Gasteiger partial charge on any atom is 0.223 e. The van der Waals surface area contributed by atoms with Crippen LogP contribution in [0.15, 0.2) is 24.3 Å². The number of benzene rings is 2. The van der Waals surface area contributed by atoms with Crippen LogP contribution in [0.25, 0.3) is 0 Å². The topological polar surface area (TPSA) is 95.9 Å². The standard InChI is InChI=1S/C24H31NO8/c1-28-16-12-18(26)23(19(13-16)29-2)17(14-22(27)25-6-8-33-9-7-25)15-10-20(30-3)24(32-5)21(11-15)31-4/h10-13,17,26H,6-9,14H2,1-5H3/t17-/m1/s1. The Morgan fingerprint density at radius 3 is 2.03 bits per heavy atom. The predicted molar refractivity (Wildman–Crippen MR) is 121 cm³/mol. The molecule has 2 aromatic rings. The Balaban J connectivity index is 2.15. The molecule has 0 bridgehead atoms. The number of phenols is 1. The molecule has 0 aromatic heterocycles. The van der Waals surface area contributed by atoms with Gasteiger partial charge in [-0.05, 0) is 17.7 Å². The minimum Gasteiger partial charge on any atom is -0.507 e. The van der Waals surface area contributed by atoms with Crippen molar-refractivity contribution in [1.82, 2.24) is 4.90 Å². The summed E-state index contributed by atoms with van der Waals surface area (Å²) >= 11 is 0. The molecule has 0 radical (unpaired) electrons. The molecular formula is C24H31NO8. The fourth-order valence-electron chi connectivity index (χ4n) is 4.03. The molecule has 1 N–H and O–H groups in total. The Hall–Kier alpha value is -3.33. The van der Waals surface area contributed by atoms with Crippen LogP contribution in [0.3, 0.4) is 0 Å². The summed E-state index contributed by atoms with van der Waals surface area (Å²) in [7, 11) is 7.60. The maximum atomic E-state index is 13.3. The quantitative estimate of drug-likeness (QED) is 0.609. The molecule has 1 heterocycles. The average molecular weight is 462 g/mol. The molecule has 3 rings (SSSR count). The van der Waals surface area contributed by atoms with Crippen molar-refractivity contribution in [3.8, 4) is 34.5 Å². The van der Waals surface area contributed by atoms with Crippen LogP contribution in [-0.2, 0) is 9.53 Å². The Morgan fingerprint density at radius 1 is 0.909 bits per heavy atom. The first-order valence-corrected chi connectivity index (χ1v) is 10.6. The molecular weight excluding hydrogens is 430 g/mol. The largest absolute Gasteiger partial charge is 0.507 e. The molecule has 0 unspecified atom stereocenters. The van der Waals surface area contributed by atoms with Gasteiger partial charge in [-0.2, -0.15) is 0 Å². The minimum atomic E-state index is -0.560. The SMILES string of the molecule is COc1cc(O)c([C@H](CC(=O)N2CCOCC2)c2cc(OC)c(OC)c(OC)c2)c(OC)c1. The Labute approximate surface area is 193 Å². The monoisotopic (exact) mass is 461 g/mol. The van der Waals surface area contributed by atoms with Crippen molar-refractivity contribution < 1.29 is 38.3 Å². The lowest BCUT2D eigenvalue weighted by Crippen LogP contribution is -2.41. The molecule has 0 spiro atoms. The van der Waals surface area contributed by atoms with Crippen LogP contribution in [0.5, 0.6) is 34.5 Å². The molecule has 9 nitrogen and oxygen atoms in total. The van der Waals surface area contributed by atoms with E-state index < -0.39 is 5.92 Å². The van der Waals surface area contributed by atoms with Gasteiger partial charge in [-0.3, -0.25) is 4.79 Å². The summed E-state index contributed by atoms with van der Waals surface area (Å²) in [5, 5.41) is 11.0. The van der Waals surface area contributed by atoms with Gasteiger partial charge in [0.05, 0.1) is 48.8 Å². The van der Waals surface area contributed by atoms with E-state index in [0.29, 0.717) is 66.2 Å². The highest BCUT2D eigenvalue weighted by atomic mass is 16.5. The lowest BCUT2D eigenvalue weighted by Gasteiger charge is -2.30. The molecule has 180 valence electrons. The third kappa shape index (κ3) is 5.19. The zero-order chi connectivity index (χ0) is 24.0. The van der Waals surface area contributed by atoms with E-state index in [4.69, 9.17) is 28.4 Å². The molecule has 1 aliphatic rings. The number of phenolic OH excluding ortho intramolecular Hbond substituents is 1. The molecule has 1 aliphatic heterocycles. The first-order chi connectivity index (χ1) is 16.0. The predicted octanol–water partition coefficient (Wildman–Crippen LogP) is 2.82. The van der Waals surface area contributed by atoms with Crippen LogP contribution in [0.4, 0.5) is 0 Å². The molecule has 0 saturated carbocycles. The van der Waals surface area contributed by atoms with Crippen LogP contribution in [0.2, 0.25) is 0 Å². The number of ether oxygens (including phenoxy) is 6. The molecule has 33 heavy (non-hydrogen) atoms. The van der Waals surface area contributed by atoms with Gasteiger partial charge in [-0.15, -0.1) is 0 Å². The normalized spacial score (nSPS) is 14.4. The van der Waals surface area contributed by atoms with Crippen LogP contribution in [0.1, 0.15) is 23.5 Å². The summed E-state index contributed by atoms with van der Waals surface area (Å²) in [6.07, 6.45) is 0.0921. The Morgan fingerprint density at radius 2 is 1.52 bits per heavy atom. The van der Waals surface area contributed by atoms with Crippen LogP contribution < -0.4 is 23.7 Å². The minimum absolute atomic E-state index is 0.0419. The molecule has 2 aromatic carbocycles. The van der Waals surface area contributed by atoms with Crippen molar-refractivity contribution in [2.75, 3.05) is 61.9 Å². The van der Waals surface area contributed by atoms with Gasteiger partial charge in [0.1, 0.15) is 17.2 Å². The number of morpholine rings is 1. The summed E-state index contributed by atoms with van der Waals surface area (Å²) in [4.78, 5) is 15.0. The summed E-state index contributed by atoms with van der Waals surface area (Å²) in [6, 6.07) is 6.74. The smallest absolute Gasteiger partial charge is 0.223 e. The highest BCUT2D eigenvalue weighted by Crippen LogP contribution is 2.47. The Bertz CT molecular complexity index is 946. The summed E-state index contributed by atoms with van der Waals surface area (Å²) < 4.78 is 32.7. The number of carbonyl (C=O) groups is 1. The van der Waals surface area contributed by atoms with Gasteiger partial charge in [0.15, 0.2) is 11.5 Å². The number of hydrogen-bond donors (Lipinski definition) is 1. The van der Waals surface area contributed by atoms with Gasteiger partial charge in [0.25, 0.3) is 0 Å². The van der Waals surface area contributed by atoms with E-state index in [2.05, 4.69) is 0 Å². The third-order valence-corrected chi connectivity index (χ3v) is 5.73. The highest BCUT2D eigenvalue weighted by Gasteiger charge is 2.30. The number of carbonyl (C=O) groups excluding carboxylic acids is 1. The van der Waals surface area contributed by atoms with Crippen LogP contribution in [-0.4, -0.2) is 77.8 Å². The molecule has 1 fully saturated rings. The lowest BCUT2D eigenvalue weighted by molar-refractivity contribution is -0.135. The second kappa shape index (κ2) is 11.0. The van der Waals surface area contributed by atoms with Gasteiger partial charge in [0.2, 0.25) is 11.7 Å². The number of rotatable bonds is 9. The zero-order valence-electron chi connectivity index (χ0n) is 19.7. The van der Waals surface area contributed by atoms with Gasteiger partial charge in [-0.25, -0.2) is 0 Å². The zero-order valence-corrected chi connectivity index (χ0v) is 19.7. The molecule has 1 amide bonds. The number of aromatic hydroxyl groups is 1. The fraction of sp³-hybridized carbons (Fsp3) is 0.458. The average Bonchev–Trinajstić information content (AvgIpc) is 2.86. The highest BCUT2D eigenvalue weighted by molar-refractivity contribution is 5.79. The van der Waals surface area contributed by atoms with Crippen molar-refractivity contribution in [1.29, 1.82) is 0 Å². The molecule has 1 saturated heterocycles. The summed E-state index contributed by atoms with van der Waals surface area (Å²) in [5.74, 6) is 1.51. The first-order valence-electron chi connectivity index (χ1n) is 10.6. The van der Waals surface area contributed by atoms with Crippen LogP contribution >= 0.6 is 0 Å². The van der Waals surface area contributed by atoms with Crippen molar-refractivity contribution in [2.45, 2.75) is 12.3 Å². The van der Waals surface area contributed by atoms with E-state index in [-0.39, 0.29) is 18.1 Å². The van der Waals surface area contributed by atoms with Gasteiger partial charge in [-0.1, -0.05) is 0 Å². The van der Waals surface area contributed by atoms with Crippen molar-refractivity contribution in [3.63, 3.8) is 0 Å². The van der Waals surface area contributed by atoms with Crippen molar-refractivity contribution >= 4 is 5.91 Å². The third-order valence-electron chi connectivity index (χ3n) is 5.73. The van der Waals surface area contributed by atoms with E-state index in [1.807, 2.05) is 0 Å². The molecule has 9 heteroatoms. The van der Waals surface area contributed by atoms with E-state index in [1.54, 1.807) is 23.1 Å². The van der Waals surface area contributed by atoms with Crippen molar-refractivity contribution in [3.05, 3.63) is 35.4 Å². The number of hydrogen-bond acceptors (Lipinski definition) is 8. The lowest BCUT2D eigenvalue weighted by atomic mass is 9.86. The van der Waals surface area contributed by atoms with E-state index in [9.17, 15) is 9.90 Å². The molecule has 0 aliphatic carbocycles. The van der Waals surface area contributed by atoms with E-state index in [1.165, 1.54) is 41.6 Å². The van der Waals surface area contributed by atoms with E-state index >= 15 is 0 Å².